The monoisotopic (exact) mass is 647 g/mol. The van der Waals surface area contributed by atoms with E-state index < -0.39 is 41.3 Å². The van der Waals surface area contributed by atoms with Gasteiger partial charge in [0.1, 0.15) is 17.7 Å². The minimum absolute atomic E-state index is 0.188. The third-order valence-electron chi connectivity index (χ3n) is 7.94. The average molecular weight is 648 g/mol. The van der Waals surface area contributed by atoms with Gasteiger partial charge >= 0.3 is 6.18 Å². The molecule has 5 rings (SSSR count). The Labute approximate surface area is 269 Å². The van der Waals surface area contributed by atoms with Gasteiger partial charge in [0.15, 0.2) is 0 Å². The molecule has 0 unspecified atom stereocenters. The van der Waals surface area contributed by atoms with Crippen LogP contribution in [-0.2, 0) is 22.2 Å². The fraction of sp³-hybridized carbons (Fsp3) is 0.257. The summed E-state index contributed by atoms with van der Waals surface area (Å²) in [5.74, 6) is -2.49. The van der Waals surface area contributed by atoms with Crippen molar-refractivity contribution in [2.45, 2.75) is 37.9 Å². The van der Waals surface area contributed by atoms with Crippen LogP contribution in [0.2, 0.25) is 0 Å². The van der Waals surface area contributed by atoms with Crippen LogP contribution >= 0.6 is 0 Å². The molecule has 3 aromatic carbocycles. The molecule has 0 bridgehead atoms. The van der Waals surface area contributed by atoms with Crippen LogP contribution in [0.3, 0.4) is 0 Å². The Morgan fingerprint density at radius 1 is 1.00 bits per heavy atom. The number of alkyl halides is 3. The number of benzene rings is 3. The van der Waals surface area contributed by atoms with Gasteiger partial charge in [-0.3, -0.25) is 19.3 Å². The van der Waals surface area contributed by atoms with E-state index in [0.717, 1.165) is 18.2 Å². The molecule has 2 heterocycles. The molecule has 2 atom stereocenters. The lowest BCUT2D eigenvalue weighted by Crippen LogP contribution is -2.55. The van der Waals surface area contributed by atoms with Crippen molar-refractivity contribution >= 4 is 23.5 Å². The Balaban J connectivity index is 1.66. The highest BCUT2D eigenvalue weighted by molar-refractivity contribution is 6.05. The molecule has 1 aliphatic heterocycles. The number of anilines is 1. The molecule has 4 aromatic rings. The summed E-state index contributed by atoms with van der Waals surface area (Å²) in [5.41, 5.74) is 1.07. The Kier molecular flexibility index (Phi) is 9.59. The van der Waals surface area contributed by atoms with E-state index in [1.165, 1.54) is 46.2 Å². The van der Waals surface area contributed by atoms with E-state index in [9.17, 15) is 31.9 Å². The van der Waals surface area contributed by atoms with Crippen molar-refractivity contribution in [2.24, 2.45) is 0 Å². The first-order valence-electron chi connectivity index (χ1n) is 15.0. The van der Waals surface area contributed by atoms with Crippen LogP contribution in [0.4, 0.5) is 23.4 Å². The SMILES string of the molecule is CCN1C(=O)[C@@H](NC(=O)c2cccc(C(F)(F)F)c2)[C@@H](c2ccc(F)cc2)c2c(CC/C=C\C(=O)N(C)C)nn(-c3ccccc3)c21. The van der Waals surface area contributed by atoms with Gasteiger partial charge in [0.2, 0.25) is 5.91 Å². The second kappa shape index (κ2) is 13.6. The molecule has 0 saturated heterocycles. The number of aryl methyl sites for hydroxylation is 1. The molecule has 0 fully saturated rings. The molecular weight excluding hydrogens is 614 g/mol. The largest absolute Gasteiger partial charge is 0.416 e. The summed E-state index contributed by atoms with van der Waals surface area (Å²) in [6, 6.07) is 17.4. The summed E-state index contributed by atoms with van der Waals surface area (Å²) in [6.45, 7) is 1.95. The predicted molar refractivity (Wildman–Crippen MR) is 169 cm³/mol. The molecular formula is C35H33F4N5O3. The highest BCUT2D eigenvalue weighted by atomic mass is 19.4. The Morgan fingerprint density at radius 2 is 1.70 bits per heavy atom. The maximum Gasteiger partial charge on any atom is 0.416 e. The van der Waals surface area contributed by atoms with Gasteiger partial charge in [-0.05, 0) is 73.9 Å². The van der Waals surface area contributed by atoms with Crippen LogP contribution in [0.1, 0.15) is 52.0 Å². The Hall–Kier alpha value is -5.26. The number of nitrogens with one attached hydrogen (secondary N) is 1. The van der Waals surface area contributed by atoms with E-state index in [1.807, 2.05) is 30.3 Å². The molecule has 0 saturated carbocycles. The number of amides is 3. The summed E-state index contributed by atoms with van der Waals surface area (Å²) in [5, 5.41) is 7.64. The van der Waals surface area contributed by atoms with Gasteiger partial charge in [0, 0.05) is 37.7 Å². The molecule has 12 heteroatoms. The van der Waals surface area contributed by atoms with E-state index in [1.54, 1.807) is 31.8 Å². The van der Waals surface area contributed by atoms with Gasteiger partial charge in [-0.25, -0.2) is 9.07 Å². The second-order valence-corrected chi connectivity index (χ2v) is 11.2. The maximum atomic E-state index is 14.3. The lowest BCUT2D eigenvalue weighted by molar-refractivity contribution is -0.137. The van der Waals surface area contributed by atoms with Crippen molar-refractivity contribution in [1.29, 1.82) is 0 Å². The van der Waals surface area contributed by atoms with E-state index in [4.69, 9.17) is 5.10 Å². The van der Waals surface area contributed by atoms with Crippen molar-refractivity contribution < 1.29 is 31.9 Å². The third-order valence-corrected chi connectivity index (χ3v) is 7.94. The number of nitrogens with zero attached hydrogens (tertiary/aromatic N) is 4. The van der Waals surface area contributed by atoms with Crippen molar-refractivity contribution in [2.75, 3.05) is 25.5 Å². The van der Waals surface area contributed by atoms with Gasteiger partial charge < -0.3 is 10.2 Å². The minimum atomic E-state index is -4.67. The number of likely N-dealkylation sites (N-methyl/N-ethyl adjacent to an activating group) is 2. The number of carbonyl (C=O) groups excluding carboxylic acids is 3. The van der Waals surface area contributed by atoms with Gasteiger partial charge in [-0.1, -0.05) is 42.5 Å². The first-order chi connectivity index (χ1) is 22.4. The van der Waals surface area contributed by atoms with Crippen molar-refractivity contribution in [3.8, 4) is 5.69 Å². The smallest absolute Gasteiger partial charge is 0.345 e. The number of fused-ring (bicyclic) bond motifs is 1. The standard InChI is InChI=1S/C35H33F4N5O3/c1-4-43-33-30(27(15-8-9-16-28(45)42(2)3)41-44(33)26-13-6-5-7-14-26)29(22-17-19-25(36)20-18-22)31(34(43)47)40-32(46)23-11-10-12-24(21-23)35(37,38)39/h5-7,9-14,16-21,29,31H,4,8,15H2,1-3H3,(H,40,46)/b16-9-/t29-,31-/m0/s1. The van der Waals surface area contributed by atoms with Crippen LogP contribution in [0, 0.1) is 5.82 Å². The molecule has 0 radical (unpaired) electrons. The number of rotatable bonds is 9. The fourth-order valence-corrected chi connectivity index (χ4v) is 5.65. The first kappa shape index (κ1) is 33.1. The molecule has 0 aliphatic carbocycles. The average Bonchev–Trinajstić information content (AvgIpc) is 3.42. The van der Waals surface area contributed by atoms with Crippen LogP contribution in [-0.4, -0.2) is 59.1 Å². The van der Waals surface area contributed by atoms with Crippen molar-refractivity contribution in [3.63, 3.8) is 0 Å². The number of aromatic nitrogens is 2. The molecule has 1 aliphatic rings. The minimum Gasteiger partial charge on any atom is -0.345 e. The zero-order valence-corrected chi connectivity index (χ0v) is 26.0. The van der Waals surface area contributed by atoms with E-state index in [0.29, 0.717) is 41.2 Å². The zero-order chi connectivity index (χ0) is 33.9. The van der Waals surface area contributed by atoms with Crippen molar-refractivity contribution in [1.82, 2.24) is 20.0 Å². The molecule has 3 amide bonds. The molecule has 1 aromatic heterocycles. The van der Waals surface area contributed by atoms with Gasteiger partial charge in [0.05, 0.1) is 16.9 Å². The van der Waals surface area contributed by atoms with E-state index in [2.05, 4.69) is 5.32 Å². The van der Waals surface area contributed by atoms with Gasteiger partial charge in [-0.15, -0.1) is 0 Å². The molecule has 244 valence electrons. The lowest BCUT2D eigenvalue weighted by Gasteiger charge is -2.38. The molecule has 0 spiro atoms. The van der Waals surface area contributed by atoms with Gasteiger partial charge in [-0.2, -0.15) is 18.3 Å². The second-order valence-electron chi connectivity index (χ2n) is 11.2. The lowest BCUT2D eigenvalue weighted by atomic mass is 9.80. The number of halogens is 4. The topological polar surface area (TPSA) is 87.5 Å². The first-order valence-corrected chi connectivity index (χ1v) is 15.0. The molecule has 1 N–H and O–H groups in total. The van der Waals surface area contributed by atoms with Crippen LogP contribution < -0.4 is 10.2 Å². The summed E-state index contributed by atoms with van der Waals surface area (Å²) >= 11 is 0. The van der Waals surface area contributed by atoms with E-state index in [-0.39, 0.29) is 18.0 Å². The number of allylic oxidation sites excluding steroid dienone is 1. The highest BCUT2D eigenvalue weighted by Gasteiger charge is 2.46. The number of carbonyl (C=O) groups is 3. The van der Waals surface area contributed by atoms with Crippen LogP contribution in [0.5, 0.6) is 0 Å². The molecule has 47 heavy (non-hydrogen) atoms. The fourth-order valence-electron chi connectivity index (χ4n) is 5.65. The highest BCUT2D eigenvalue weighted by Crippen LogP contribution is 2.44. The van der Waals surface area contributed by atoms with Crippen LogP contribution in [0.25, 0.3) is 5.69 Å². The summed E-state index contributed by atoms with van der Waals surface area (Å²) in [6.07, 6.45) is -0.736. The number of para-hydroxylation sites is 1. The zero-order valence-electron chi connectivity index (χ0n) is 26.0. The van der Waals surface area contributed by atoms with Crippen LogP contribution in [0.15, 0.2) is 91.0 Å². The Morgan fingerprint density at radius 3 is 2.34 bits per heavy atom. The maximum absolute atomic E-state index is 14.3. The van der Waals surface area contributed by atoms with Gasteiger partial charge in [0.25, 0.3) is 11.8 Å². The van der Waals surface area contributed by atoms with Crippen molar-refractivity contribution in [3.05, 3.63) is 125 Å². The quantitative estimate of drug-likeness (QED) is 0.181. The number of hydrogen-bond donors (Lipinski definition) is 1. The van der Waals surface area contributed by atoms with E-state index >= 15 is 0 Å². The summed E-state index contributed by atoms with van der Waals surface area (Å²) < 4.78 is 56.2. The Bertz CT molecular complexity index is 1800. The number of hydrogen-bond acceptors (Lipinski definition) is 4. The molecule has 8 nitrogen and oxygen atoms in total. The summed E-state index contributed by atoms with van der Waals surface area (Å²) in [7, 11) is 3.28. The summed E-state index contributed by atoms with van der Waals surface area (Å²) in [4.78, 5) is 42.9. The third kappa shape index (κ3) is 6.96. The predicted octanol–water partition coefficient (Wildman–Crippen LogP) is 5.90. The normalized spacial score (nSPS) is 16.3.